The zero-order valence-corrected chi connectivity index (χ0v) is 17.7. The fourth-order valence-electron chi connectivity index (χ4n) is 4.29. The number of aryl methyl sites for hydroxylation is 2. The number of nitrogens with zero attached hydrogens (tertiary/aromatic N) is 3. The minimum atomic E-state index is -0.486. The van der Waals surface area contributed by atoms with E-state index < -0.39 is 11.4 Å². The molecule has 0 bridgehead atoms. The molecular weight excluding hydrogens is 401 g/mol. The second kappa shape index (κ2) is 6.91. The van der Waals surface area contributed by atoms with E-state index in [0.29, 0.717) is 24.2 Å². The molecule has 1 aliphatic carbocycles. The van der Waals surface area contributed by atoms with Crippen molar-refractivity contribution in [3.8, 4) is 0 Å². The maximum Gasteiger partial charge on any atom is 0.332 e. The molecule has 2 aliphatic rings. The SMILES string of the molecule is Cc1ccc(Nc2c3c(=O)n(C4CC4)c(=O)n(C4CNC4)c3c(C)c(=O)n2C)c(F)c1. The molecule has 8 nitrogen and oxygen atoms in total. The summed E-state index contributed by atoms with van der Waals surface area (Å²) in [6.07, 6.45) is 1.54. The van der Waals surface area contributed by atoms with Crippen LogP contribution in [0.2, 0.25) is 0 Å². The van der Waals surface area contributed by atoms with Crippen molar-refractivity contribution in [3.05, 3.63) is 66.3 Å². The van der Waals surface area contributed by atoms with E-state index in [0.717, 1.165) is 18.4 Å². The highest BCUT2D eigenvalue weighted by atomic mass is 19.1. The first-order valence-corrected chi connectivity index (χ1v) is 10.4. The number of nitrogens with one attached hydrogen (secondary N) is 2. The Morgan fingerprint density at radius 1 is 1.03 bits per heavy atom. The fourth-order valence-corrected chi connectivity index (χ4v) is 4.29. The van der Waals surface area contributed by atoms with Gasteiger partial charge in [-0.05, 0) is 44.4 Å². The molecule has 1 saturated carbocycles. The van der Waals surface area contributed by atoms with Crippen LogP contribution in [0.4, 0.5) is 15.9 Å². The van der Waals surface area contributed by atoms with E-state index in [1.54, 1.807) is 37.6 Å². The Bertz CT molecular complexity index is 1410. The molecule has 9 heteroatoms. The Hall–Kier alpha value is -3.20. The number of aromatic nitrogens is 3. The summed E-state index contributed by atoms with van der Waals surface area (Å²) in [5, 5.41) is 6.35. The predicted molar refractivity (Wildman–Crippen MR) is 117 cm³/mol. The number of rotatable bonds is 4. The highest BCUT2D eigenvalue weighted by Crippen LogP contribution is 2.34. The van der Waals surface area contributed by atoms with Crippen molar-refractivity contribution in [2.45, 2.75) is 38.8 Å². The summed E-state index contributed by atoms with van der Waals surface area (Å²) in [5.41, 5.74) is 0.411. The molecule has 1 saturated heterocycles. The molecule has 1 aromatic carbocycles. The number of fused-ring (bicyclic) bond motifs is 1. The highest BCUT2D eigenvalue weighted by Gasteiger charge is 2.34. The zero-order chi connectivity index (χ0) is 22.0. The van der Waals surface area contributed by atoms with Crippen LogP contribution in [0.25, 0.3) is 10.9 Å². The lowest BCUT2D eigenvalue weighted by atomic mass is 10.1. The molecule has 2 N–H and O–H groups in total. The van der Waals surface area contributed by atoms with Crippen molar-refractivity contribution in [2.75, 3.05) is 18.4 Å². The van der Waals surface area contributed by atoms with E-state index in [1.165, 1.54) is 15.2 Å². The largest absolute Gasteiger partial charge is 0.338 e. The van der Waals surface area contributed by atoms with Crippen LogP contribution in [0, 0.1) is 19.7 Å². The van der Waals surface area contributed by atoms with Crippen LogP contribution < -0.4 is 27.4 Å². The van der Waals surface area contributed by atoms with Gasteiger partial charge >= 0.3 is 5.69 Å². The van der Waals surface area contributed by atoms with E-state index in [9.17, 15) is 18.8 Å². The van der Waals surface area contributed by atoms with Crippen LogP contribution in [0.1, 0.15) is 36.1 Å². The summed E-state index contributed by atoms with van der Waals surface area (Å²) in [6.45, 7) is 4.58. The molecule has 0 amide bonds. The molecule has 3 heterocycles. The summed E-state index contributed by atoms with van der Waals surface area (Å²) in [6, 6.07) is 4.43. The van der Waals surface area contributed by atoms with E-state index in [1.807, 2.05) is 0 Å². The van der Waals surface area contributed by atoms with Crippen LogP contribution in [0.3, 0.4) is 0 Å². The molecule has 2 aromatic heterocycles. The van der Waals surface area contributed by atoms with Gasteiger partial charge in [0.1, 0.15) is 17.0 Å². The summed E-state index contributed by atoms with van der Waals surface area (Å²) in [5.74, 6) is -0.297. The lowest BCUT2D eigenvalue weighted by molar-refractivity contribution is 0.333. The summed E-state index contributed by atoms with van der Waals surface area (Å²) >= 11 is 0. The molecule has 5 rings (SSSR count). The molecular formula is C22H24FN5O3. The molecule has 0 radical (unpaired) electrons. The topological polar surface area (TPSA) is 90.1 Å². The average molecular weight is 425 g/mol. The van der Waals surface area contributed by atoms with Gasteiger partial charge < -0.3 is 10.6 Å². The van der Waals surface area contributed by atoms with Gasteiger partial charge in [0.2, 0.25) is 0 Å². The average Bonchev–Trinajstić information content (AvgIpc) is 3.51. The van der Waals surface area contributed by atoms with E-state index in [2.05, 4.69) is 10.6 Å². The fraction of sp³-hybridized carbons (Fsp3) is 0.409. The normalized spacial score (nSPS) is 16.5. The van der Waals surface area contributed by atoms with Gasteiger partial charge in [0, 0.05) is 31.7 Å². The van der Waals surface area contributed by atoms with Gasteiger partial charge in [0.05, 0.1) is 17.2 Å². The molecule has 0 unspecified atom stereocenters. The minimum absolute atomic E-state index is 0.134. The van der Waals surface area contributed by atoms with E-state index in [-0.39, 0.29) is 40.2 Å². The highest BCUT2D eigenvalue weighted by molar-refractivity contribution is 5.93. The molecule has 0 atom stereocenters. The smallest absolute Gasteiger partial charge is 0.332 e. The summed E-state index contributed by atoms with van der Waals surface area (Å²) in [4.78, 5) is 40.0. The second-order valence-corrected chi connectivity index (χ2v) is 8.54. The number of benzene rings is 1. The molecule has 1 aliphatic heterocycles. The molecule has 31 heavy (non-hydrogen) atoms. The summed E-state index contributed by atoms with van der Waals surface area (Å²) in [7, 11) is 1.55. The van der Waals surface area contributed by atoms with Gasteiger partial charge in [0.25, 0.3) is 11.1 Å². The molecule has 3 aromatic rings. The first kappa shape index (κ1) is 19.7. The predicted octanol–water partition coefficient (Wildman–Crippen LogP) is 1.84. The Morgan fingerprint density at radius 3 is 2.32 bits per heavy atom. The van der Waals surface area contributed by atoms with Gasteiger partial charge in [-0.15, -0.1) is 0 Å². The maximum atomic E-state index is 14.6. The zero-order valence-electron chi connectivity index (χ0n) is 17.7. The number of pyridine rings is 1. The number of hydrogen-bond donors (Lipinski definition) is 2. The third-order valence-corrected chi connectivity index (χ3v) is 6.29. The Morgan fingerprint density at radius 2 is 1.74 bits per heavy atom. The molecule has 162 valence electrons. The lowest BCUT2D eigenvalue weighted by Crippen LogP contribution is -2.51. The first-order chi connectivity index (χ1) is 14.8. The van der Waals surface area contributed by atoms with Crippen molar-refractivity contribution in [3.63, 3.8) is 0 Å². The quantitative estimate of drug-likeness (QED) is 0.666. The van der Waals surface area contributed by atoms with E-state index in [4.69, 9.17) is 0 Å². The van der Waals surface area contributed by atoms with E-state index >= 15 is 0 Å². The van der Waals surface area contributed by atoms with Crippen molar-refractivity contribution in [1.82, 2.24) is 19.0 Å². The lowest BCUT2D eigenvalue weighted by Gasteiger charge is -2.31. The standard InChI is InChI=1S/C22H24FN5O3/c1-11-4-7-16(15(23)8-11)25-19-17-18(12(2)20(29)26(19)3)27(14-9-24-10-14)22(31)28(21(17)30)13-5-6-13/h4,7-8,13-14,24-25H,5-6,9-10H2,1-3H3. The van der Waals surface area contributed by atoms with Crippen LogP contribution in [-0.2, 0) is 7.05 Å². The van der Waals surface area contributed by atoms with Crippen molar-refractivity contribution >= 4 is 22.4 Å². The Labute approximate surface area is 176 Å². The van der Waals surface area contributed by atoms with Gasteiger partial charge in [-0.1, -0.05) is 6.07 Å². The van der Waals surface area contributed by atoms with Gasteiger partial charge in [0.15, 0.2) is 0 Å². The maximum absolute atomic E-state index is 14.6. The minimum Gasteiger partial charge on any atom is -0.338 e. The van der Waals surface area contributed by atoms with Gasteiger partial charge in [-0.2, -0.15) is 0 Å². The number of hydrogen-bond acceptors (Lipinski definition) is 5. The van der Waals surface area contributed by atoms with Gasteiger partial charge in [-0.25, -0.2) is 9.18 Å². The van der Waals surface area contributed by atoms with Crippen LogP contribution in [0.5, 0.6) is 0 Å². The Kier molecular flexibility index (Phi) is 4.40. The van der Waals surface area contributed by atoms with Crippen LogP contribution in [-0.4, -0.2) is 26.8 Å². The third kappa shape index (κ3) is 2.95. The summed E-state index contributed by atoms with van der Waals surface area (Å²) < 4.78 is 18.8. The van der Waals surface area contributed by atoms with Crippen molar-refractivity contribution in [1.29, 1.82) is 0 Å². The number of halogens is 1. The third-order valence-electron chi connectivity index (χ3n) is 6.29. The van der Waals surface area contributed by atoms with Crippen molar-refractivity contribution < 1.29 is 4.39 Å². The Balaban J connectivity index is 1.89. The monoisotopic (exact) mass is 425 g/mol. The molecule has 0 spiro atoms. The van der Waals surface area contributed by atoms with Crippen LogP contribution >= 0.6 is 0 Å². The molecule has 2 fully saturated rings. The van der Waals surface area contributed by atoms with Crippen LogP contribution in [0.15, 0.2) is 32.6 Å². The van der Waals surface area contributed by atoms with Crippen molar-refractivity contribution in [2.24, 2.45) is 7.05 Å². The first-order valence-electron chi connectivity index (χ1n) is 10.4. The van der Waals surface area contributed by atoms with Gasteiger partial charge in [-0.3, -0.25) is 23.3 Å². The number of anilines is 2. The second-order valence-electron chi connectivity index (χ2n) is 8.54.